The molecule has 5 nitrogen and oxygen atoms in total. The maximum atomic E-state index is 12.7. The Balaban J connectivity index is 2.24. The van der Waals surface area contributed by atoms with Crippen molar-refractivity contribution < 1.29 is 16.8 Å². The zero-order valence-electron chi connectivity index (χ0n) is 11.2. The van der Waals surface area contributed by atoms with Crippen LogP contribution >= 0.6 is 0 Å². The smallest absolute Gasteiger partial charge is 0.186 e. The molecule has 1 aromatic heterocycles. The van der Waals surface area contributed by atoms with Gasteiger partial charge in [0.05, 0.1) is 15.5 Å². The zero-order chi connectivity index (χ0) is 15.3. The zero-order valence-corrected chi connectivity index (χ0v) is 12.9. The van der Waals surface area contributed by atoms with Crippen LogP contribution in [0.4, 0.5) is 0 Å². The quantitative estimate of drug-likeness (QED) is 0.840. The molecule has 21 heavy (non-hydrogen) atoms. The van der Waals surface area contributed by atoms with E-state index in [4.69, 9.17) is 0 Å². The van der Waals surface area contributed by atoms with Crippen molar-refractivity contribution in [1.29, 1.82) is 0 Å². The van der Waals surface area contributed by atoms with E-state index in [9.17, 15) is 16.8 Å². The second kappa shape index (κ2) is 4.64. The van der Waals surface area contributed by atoms with Gasteiger partial charge in [-0.2, -0.15) is 0 Å². The molecule has 0 spiro atoms. The van der Waals surface area contributed by atoms with E-state index >= 15 is 0 Å². The molecule has 2 aromatic rings. The summed E-state index contributed by atoms with van der Waals surface area (Å²) < 4.78 is 49.9. The highest BCUT2D eigenvalue weighted by Crippen LogP contribution is 2.42. The highest BCUT2D eigenvalue weighted by atomic mass is 32.2. The Bertz CT molecular complexity index is 903. The Hall–Kier alpha value is -1.73. The molecule has 110 valence electrons. The Morgan fingerprint density at radius 2 is 1.81 bits per heavy atom. The third-order valence-corrected chi connectivity index (χ3v) is 7.75. The minimum absolute atomic E-state index is 0.0915. The van der Waals surface area contributed by atoms with Crippen LogP contribution < -0.4 is 0 Å². The van der Waals surface area contributed by atoms with Crippen LogP contribution in [0.1, 0.15) is 16.4 Å². The van der Waals surface area contributed by atoms with Gasteiger partial charge in [0.1, 0.15) is 5.25 Å². The standard InChI is InChI=1S/C14H13NO4S2/c1-10-3-2-4-12-14(10)13(9-20(12,16)17)21(18,19)11-5-7-15-8-6-11/h2-8,13H,9H2,1H3. The van der Waals surface area contributed by atoms with Crippen molar-refractivity contribution in [1.82, 2.24) is 4.98 Å². The maximum Gasteiger partial charge on any atom is 0.186 e. The van der Waals surface area contributed by atoms with Crippen molar-refractivity contribution in [2.24, 2.45) is 0 Å². The summed E-state index contributed by atoms with van der Waals surface area (Å²) in [6.45, 7) is 1.73. The van der Waals surface area contributed by atoms with Crippen molar-refractivity contribution in [3.05, 3.63) is 53.9 Å². The van der Waals surface area contributed by atoms with Gasteiger partial charge in [-0.15, -0.1) is 0 Å². The molecule has 3 rings (SSSR count). The number of hydrogen-bond acceptors (Lipinski definition) is 5. The molecule has 7 heteroatoms. The predicted octanol–water partition coefficient (Wildman–Crippen LogP) is 1.69. The second-order valence-corrected chi connectivity index (χ2v) is 9.12. The lowest BCUT2D eigenvalue weighted by Crippen LogP contribution is -2.16. The highest BCUT2D eigenvalue weighted by molar-refractivity contribution is 7.96. The van der Waals surface area contributed by atoms with E-state index in [-0.39, 0.29) is 9.79 Å². The SMILES string of the molecule is Cc1cccc2c1C(S(=O)(=O)c1ccncc1)CS2(=O)=O. The van der Waals surface area contributed by atoms with Crippen LogP contribution in [0.15, 0.2) is 52.5 Å². The van der Waals surface area contributed by atoms with Crippen molar-refractivity contribution >= 4 is 19.7 Å². The van der Waals surface area contributed by atoms with E-state index in [0.717, 1.165) is 0 Å². The molecular formula is C14H13NO4S2. The molecule has 1 aliphatic heterocycles. The summed E-state index contributed by atoms with van der Waals surface area (Å²) >= 11 is 0. The molecular weight excluding hydrogens is 310 g/mol. The number of aryl methyl sites for hydroxylation is 1. The van der Waals surface area contributed by atoms with E-state index < -0.39 is 30.7 Å². The number of pyridine rings is 1. The fourth-order valence-corrected chi connectivity index (χ4v) is 7.10. The van der Waals surface area contributed by atoms with E-state index in [1.54, 1.807) is 19.1 Å². The Kier molecular flexibility index (Phi) is 3.14. The van der Waals surface area contributed by atoms with Gasteiger partial charge in [0, 0.05) is 12.4 Å². The summed E-state index contributed by atoms with van der Waals surface area (Å²) in [5.74, 6) is -0.405. The van der Waals surface area contributed by atoms with E-state index in [2.05, 4.69) is 4.98 Å². The fraction of sp³-hybridized carbons (Fsp3) is 0.214. The molecule has 1 unspecified atom stereocenters. The number of rotatable bonds is 2. The number of aromatic nitrogens is 1. The maximum absolute atomic E-state index is 12.7. The number of fused-ring (bicyclic) bond motifs is 1. The predicted molar refractivity (Wildman–Crippen MR) is 77.4 cm³/mol. The summed E-state index contributed by atoms with van der Waals surface area (Å²) in [6.07, 6.45) is 2.77. The molecule has 1 atom stereocenters. The van der Waals surface area contributed by atoms with Gasteiger partial charge in [-0.3, -0.25) is 4.98 Å². The van der Waals surface area contributed by atoms with Crippen LogP contribution in [-0.4, -0.2) is 27.6 Å². The summed E-state index contributed by atoms with van der Waals surface area (Å²) in [7, 11) is -7.33. The lowest BCUT2D eigenvalue weighted by molar-refractivity contribution is 0.582. The van der Waals surface area contributed by atoms with Crippen molar-refractivity contribution in [2.75, 3.05) is 5.75 Å². The fourth-order valence-electron chi connectivity index (χ4n) is 2.65. The number of benzene rings is 1. The van der Waals surface area contributed by atoms with Crippen molar-refractivity contribution in [3.8, 4) is 0 Å². The van der Waals surface area contributed by atoms with E-state index in [1.165, 1.54) is 30.6 Å². The first-order chi connectivity index (χ1) is 9.84. The lowest BCUT2D eigenvalue weighted by atomic mass is 10.1. The molecule has 0 radical (unpaired) electrons. The largest absolute Gasteiger partial charge is 0.265 e. The first-order valence-corrected chi connectivity index (χ1v) is 9.50. The van der Waals surface area contributed by atoms with Gasteiger partial charge in [-0.25, -0.2) is 16.8 Å². The third kappa shape index (κ3) is 2.16. The molecule has 2 heterocycles. The van der Waals surface area contributed by atoms with Crippen LogP contribution in [0.5, 0.6) is 0 Å². The van der Waals surface area contributed by atoms with Crippen LogP contribution in [0.25, 0.3) is 0 Å². The molecule has 0 aliphatic carbocycles. The minimum atomic E-state index is -3.76. The molecule has 0 bridgehead atoms. The van der Waals surface area contributed by atoms with Gasteiger partial charge in [-0.1, -0.05) is 12.1 Å². The van der Waals surface area contributed by atoms with Gasteiger partial charge in [0.2, 0.25) is 0 Å². The number of sulfone groups is 2. The van der Waals surface area contributed by atoms with Crippen molar-refractivity contribution in [3.63, 3.8) is 0 Å². The van der Waals surface area contributed by atoms with E-state index in [1.807, 2.05) is 0 Å². The summed E-state index contributed by atoms with van der Waals surface area (Å²) in [5, 5.41) is -1.05. The van der Waals surface area contributed by atoms with Gasteiger partial charge in [-0.05, 0) is 36.2 Å². The Morgan fingerprint density at radius 3 is 2.48 bits per heavy atom. The Morgan fingerprint density at radius 1 is 1.14 bits per heavy atom. The van der Waals surface area contributed by atoms with E-state index in [0.29, 0.717) is 11.1 Å². The number of nitrogens with zero attached hydrogens (tertiary/aromatic N) is 1. The molecule has 0 amide bonds. The number of hydrogen-bond donors (Lipinski definition) is 0. The summed E-state index contributed by atoms with van der Waals surface area (Å²) in [5.41, 5.74) is 1.07. The highest BCUT2D eigenvalue weighted by Gasteiger charge is 2.43. The first-order valence-electron chi connectivity index (χ1n) is 6.30. The molecule has 1 aromatic carbocycles. The van der Waals surface area contributed by atoms with Crippen LogP contribution in [0, 0.1) is 6.92 Å². The van der Waals surface area contributed by atoms with Crippen LogP contribution in [0.2, 0.25) is 0 Å². The normalized spacial score (nSPS) is 20.1. The first kappa shape index (κ1) is 14.2. The van der Waals surface area contributed by atoms with Crippen LogP contribution in [-0.2, 0) is 19.7 Å². The molecule has 0 N–H and O–H groups in total. The molecule has 0 fully saturated rings. The van der Waals surface area contributed by atoms with Gasteiger partial charge < -0.3 is 0 Å². The van der Waals surface area contributed by atoms with Crippen LogP contribution in [0.3, 0.4) is 0 Å². The minimum Gasteiger partial charge on any atom is -0.265 e. The lowest BCUT2D eigenvalue weighted by Gasteiger charge is -2.13. The third-order valence-electron chi connectivity index (χ3n) is 3.66. The average molecular weight is 323 g/mol. The van der Waals surface area contributed by atoms with Crippen molar-refractivity contribution in [2.45, 2.75) is 22.0 Å². The summed E-state index contributed by atoms with van der Waals surface area (Å²) in [4.78, 5) is 4.01. The van der Waals surface area contributed by atoms with Gasteiger partial charge >= 0.3 is 0 Å². The second-order valence-electron chi connectivity index (χ2n) is 4.98. The molecule has 0 saturated carbocycles. The molecule has 0 saturated heterocycles. The van der Waals surface area contributed by atoms with Gasteiger partial charge in [0.25, 0.3) is 0 Å². The Labute approximate surface area is 123 Å². The monoisotopic (exact) mass is 323 g/mol. The molecule has 1 aliphatic rings. The summed E-state index contributed by atoms with van der Waals surface area (Å²) in [6, 6.07) is 7.61. The van der Waals surface area contributed by atoms with Gasteiger partial charge in [0.15, 0.2) is 19.7 Å². The average Bonchev–Trinajstić information content (AvgIpc) is 2.74. The topological polar surface area (TPSA) is 81.2 Å².